The van der Waals surface area contributed by atoms with Gasteiger partial charge in [0, 0.05) is 16.7 Å². The Morgan fingerprint density at radius 3 is 2.84 bits per heavy atom. The second-order valence-electron chi connectivity index (χ2n) is 6.78. The molecule has 5 rings (SSSR count). The van der Waals surface area contributed by atoms with Crippen LogP contribution >= 0.6 is 45.8 Å². The van der Waals surface area contributed by atoms with Crippen molar-refractivity contribution in [1.82, 2.24) is 20.2 Å². The van der Waals surface area contributed by atoms with E-state index in [9.17, 15) is 4.79 Å². The van der Waals surface area contributed by atoms with Crippen LogP contribution in [0.4, 0.5) is 0 Å². The van der Waals surface area contributed by atoms with E-state index in [2.05, 4.69) is 26.3 Å². The lowest BCUT2D eigenvalue weighted by Gasteiger charge is -2.20. The van der Waals surface area contributed by atoms with Gasteiger partial charge in [0.1, 0.15) is 0 Å². The SMILES string of the molecule is Cc1nc(Cc2nnc(SCC(=O)N3N=C(c4cccs4)CC3c3cccs3)o2)cs1. The molecule has 1 atom stereocenters. The molecule has 0 radical (unpaired) electrons. The number of carbonyl (C=O) groups is 1. The number of thiazole rings is 1. The molecule has 1 aliphatic rings. The summed E-state index contributed by atoms with van der Waals surface area (Å²) in [6.07, 6.45) is 1.21. The summed E-state index contributed by atoms with van der Waals surface area (Å²) in [4.78, 5) is 19.7. The van der Waals surface area contributed by atoms with Crippen LogP contribution in [0.3, 0.4) is 0 Å². The van der Waals surface area contributed by atoms with Crippen molar-refractivity contribution in [2.45, 2.75) is 31.0 Å². The maximum atomic E-state index is 13.0. The molecule has 0 aromatic carbocycles. The Kier molecular flexibility index (Phi) is 5.99. The maximum Gasteiger partial charge on any atom is 0.277 e. The molecule has 4 aromatic heterocycles. The fraction of sp³-hybridized carbons (Fsp3) is 0.250. The molecule has 11 heteroatoms. The number of hydrogen-bond donors (Lipinski definition) is 0. The second-order valence-corrected chi connectivity index (χ2v) is 10.7. The van der Waals surface area contributed by atoms with Gasteiger partial charge in [-0.25, -0.2) is 9.99 Å². The van der Waals surface area contributed by atoms with Crippen LogP contribution in [0.15, 0.2) is 55.1 Å². The maximum absolute atomic E-state index is 13.0. The molecule has 0 N–H and O–H groups in total. The van der Waals surface area contributed by atoms with Crippen molar-refractivity contribution in [1.29, 1.82) is 0 Å². The van der Waals surface area contributed by atoms with Gasteiger partial charge in [0.15, 0.2) is 0 Å². The smallest absolute Gasteiger partial charge is 0.277 e. The topological polar surface area (TPSA) is 84.5 Å². The summed E-state index contributed by atoms with van der Waals surface area (Å²) in [5.41, 5.74) is 1.86. The number of aryl methyl sites for hydroxylation is 1. The number of rotatable bonds is 7. The first-order valence-corrected chi connectivity index (χ1v) is 13.1. The standard InChI is InChI=1S/C20H17N5O2S4/c1-12-21-13(10-30-12)8-18-22-23-20(27-18)31-11-19(26)25-15(17-5-3-7-29-17)9-14(24-25)16-4-2-6-28-16/h2-7,10,15H,8-9,11H2,1H3. The zero-order valence-corrected chi connectivity index (χ0v) is 19.7. The van der Waals surface area contributed by atoms with E-state index in [1.54, 1.807) is 39.0 Å². The lowest BCUT2D eigenvalue weighted by atomic mass is 10.1. The van der Waals surface area contributed by atoms with Crippen molar-refractivity contribution in [2.75, 3.05) is 5.75 Å². The summed E-state index contributed by atoms with van der Waals surface area (Å²) in [6, 6.07) is 8.03. The molecule has 158 valence electrons. The van der Waals surface area contributed by atoms with Crippen LogP contribution in [-0.4, -0.2) is 37.6 Å². The lowest BCUT2D eigenvalue weighted by molar-refractivity contribution is -0.130. The van der Waals surface area contributed by atoms with E-state index in [1.807, 2.05) is 41.3 Å². The third kappa shape index (κ3) is 4.64. The summed E-state index contributed by atoms with van der Waals surface area (Å²) in [5, 5.41) is 21.8. The quantitative estimate of drug-likeness (QED) is 0.340. The summed E-state index contributed by atoms with van der Waals surface area (Å²) in [7, 11) is 0. The highest BCUT2D eigenvalue weighted by Gasteiger charge is 2.34. The van der Waals surface area contributed by atoms with Crippen LogP contribution in [-0.2, 0) is 11.2 Å². The average Bonchev–Trinajstić information content (AvgIpc) is 3.58. The Hall–Kier alpha value is -2.34. The highest BCUT2D eigenvalue weighted by Crippen LogP contribution is 2.36. The van der Waals surface area contributed by atoms with Gasteiger partial charge in [-0.05, 0) is 29.8 Å². The van der Waals surface area contributed by atoms with Gasteiger partial charge in [0.05, 0.1) is 39.5 Å². The van der Waals surface area contributed by atoms with Gasteiger partial charge in [-0.15, -0.1) is 44.2 Å². The number of hydrogen-bond acceptors (Lipinski definition) is 10. The van der Waals surface area contributed by atoms with Gasteiger partial charge in [-0.1, -0.05) is 23.9 Å². The number of carbonyl (C=O) groups excluding carboxylic acids is 1. The highest BCUT2D eigenvalue weighted by molar-refractivity contribution is 7.99. The first-order valence-electron chi connectivity index (χ1n) is 9.48. The summed E-state index contributed by atoms with van der Waals surface area (Å²) < 4.78 is 5.69. The molecule has 0 saturated heterocycles. The van der Waals surface area contributed by atoms with Gasteiger partial charge in [-0.2, -0.15) is 5.10 Å². The van der Waals surface area contributed by atoms with Crippen molar-refractivity contribution in [3.63, 3.8) is 0 Å². The molecule has 0 saturated carbocycles. The van der Waals surface area contributed by atoms with Gasteiger partial charge in [0.2, 0.25) is 5.89 Å². The molecular formula is C20H17N5O2S4. The number of thiophene rings is 2. The Morgan fingerprint density at radius 1 is 1.23 bits per heavy atom. The van der Waals surface area contributed by atoms with Crippen molar-refractivity contribution >= 4 is 57.4 Å². The van der Waals surface area contributed by atoms with Crippen LogP contribution in [0.25, 0.3) is 0 Å². The number of nitrogens with zero attached hydrogens (tertiary/aromatic N) is 5. The zero-order chi connectivity index (χ0) is 21.2. The molecule has 0 aliphatic carbocycles. The summed E-state index contributed by atoms with van der Waals surface area (Å²) in [5.74, 6) is 0.598. The van der Waals surface area contributed by atoms with Gasteiger partial charge >= 0.3 is 0 Å². The van der Waals surface area contributed by atoms with Crippen molar-refractivity contribution in [2.24, 2.45) is 5.10 Å². The predicted molar refractivity (Wildman–Crippen MR) is 124 cm³/mol. The minimum atomic E-state index is -0.0789. The van der Waals surface area contributed by atoms with E-state index in [1.165, 1.54) is 11.8 Å². The molecule has 7 nitrogen and oxygen atoms in total. The summed E-state index contributed by atoms with van der Waals surface area (Å²) >= 11 is 6.11. The Bertz CT molecular complexity index is 1200. The van der Waals surface area contributed by atoms with Crippen LogP contribution in [0.2, 0.25) is 0 Å². The molecule has 0 bridgehead atoms. The van der Waals surface area contributed by atoms with E-state index >= 15 is 0 Å². The Morgan fingerprint density at radius 2 is 2.10 bits per heavy atom. The van der Waals surface area contributed by atoms with Crippen LogP contribution in [0.5, 0.6) is 0 Å². The minimum Gasteiger partial charge on any atom is -0.416 e. The van der Waals surface area contributed by atoms with Crippen LogP contribution in [0, 0.1) is 6.92 Å². The number of aromatic nitrogens is 3. The minimum absolute atomic E-state index is 0.0728. The largest absolute Gasteiger partial charge is 0.416 e. The molecule has 4 aromatic rings. The molecule has 31 heavy (non-hydrogen) atoms. The van der Waals surface area contributed by atoms with E-state index in [0.717, 1.165) is 32.6 Å². The summed E-state index contributed by atoms with van der Waals surface area (Å²) in [6.45, 7) is 1.96. The molecular weight excluding hydrogens is 471 g/mol. The second kappa shape index (κ2) is 9.03. The Labute approximate surface area is 194 Å². The van der Waals surface area contributed by atoms with Crippen LogP contribution < -0.4 is 0 Å². The molecule has 1 unspecified atom stereocenters. The van der Waals surface area contributed by atoms with Crippen LogP contribution in [0.1, 0.15) is 38.8 Å². The number of hydrazone groups is 1. The third-order valence-corrected chi connectivity index (χ3v) is 8.13. The fourth-order valence-electron chi connectivity index (χ4n) is 3.24. The van der Waals surface area contributed by atoms with Crippen molar-refractivity contribution < 1.29 is 9.21 Å². The molecule has 1 aliphatic heterocycles. The first kappa shape index (κ1) is 20.6. The highest BCUT2D eigenvalue weighted by atomic mass is 32.2. The van der Waals surface area contributed by atoms with E-state index in [-0.39, 0.29) is 17.7 Å². The molecule has 0 spiro atoms. The molecule has 5 heterocycles. The Balaban J connectivity index is 1.26. The first-order chi connectivity index (χ1) is 15.2. The van der Waals surface area contributed by atoms with E-state index in [4.69, 9.17) is 4.42 Å². The normalized spacial score (nSPS) is 16.1. The van der Waals surface area contributed by atoms with Gasteiger partial charge < -0.3 is 4.42 Å². The van der Waals surface area contributed by atoms with Crippen molar-refractivity contribution in [3.8, 4) is 0 Å². The van der Waals surface area contributed by atoms with Crippen molar-refractivity contribution in [3.05, 3.63) is 66.8 Å². The van der Waals surface area contributed by atoms with E-state index < -0.39 is 0 Å². The zero-order valence-electron chi connectivity index (χ0n) is 16.4. The average molecular weight is 488 g/mol. The van der Waals surface area contributed by atoms with Gasteiger partial charge in [0.25, 0.3) is 11.1 Å². The molecule has 1 amide bonds. The van der Waals surface area contributed by atoms with Gasteiger partial charge in [-0.3, -0.25) is 4.79 Å². The fourth-order valence-corrected chi connectivity index (χ4v) is 6.01. The van der Waals surface area contributed by atoms with E-state index in [0.29, 0.717) is 17.5 Å². The number of thioether (sulfide) groups is 1. The predicted octanol–water partition coefficient (Wildman–Crippen LogP) is 5.02. The lowest BCUT2D eigenvalue weighted by Crippen LogP contribution is -2.28. The number of amides is 1. The monoisotopic (exact) mass is 487 g/mol. The molecule has 0 fully saturated rings. The third-order valence-electron chi connectivity index (χ3n) is 4.61.